The second-order valence-electron chi connectivity index (χ2n) is 6.37. The number of amidine groups is 1. The van der Waals surface area contributed by atoms with Gasteiger partial charge in [-0.15, -0.1) is 0 Å². The molecule has 0 aromatic heterocycles. The fourth-order valence-corrected chi connectivity index (χ4v) is 3.23. The average molecular weight is 253 g/mol. The molecule has 2 aliphatic rings. The quantitative estimate of drug-likeness (QED) is 0.305. The Hall–Kier alpha value is -1.26. The van der Waals surface area contributed by atoms with Crippen molar-refractivity contribution in [3.05, 3.63) is 0 Å². The maximum atomic E-state index is 12.1. The van der Waals surface area contributed by atoms with Gasteiger partial charge in [-0.05, 0) is 31.1 Å². The Labute approximate surface area is 108 Å². The third kappa shape index (κ3) is 2.44. The molecule has 5 nitrogen and oxygen atoms in total. The van der Waals surface area contributed by atoms with Crippen LogP contribution in [0.1, 0.15) is 39.5 Å². The number of fused-ring (bicyclic) bond motifs is 2. The van der Waals surface area contributed by atoms with Crippen molar-refractivity contribution in [2.24, 2.45) is 34.1 Å². The minimum atomic E-state index is -0.512. The molecule has 0 aromatic carbocycles. The fraction of sp³-hybridized carbons (Fsp3) is 0.846. The lowest BCUT2D eigenvalue weighted by atomic mass is 9.87. The van der Waals surface area contributed by atoms with Crippen LogP contribution in [-0.2, 0) is 4.79 Å². The number of oxime groups is 1. The van der Waals surface area contributed by atoms with Crippen LogP contribution < -0.4 is 11.1 Å². The maximum Gasteiger partial charge on any atom is 0.223 e. The summed E-state index contributed by atoms with van der Waals surface area (Å²) >= 11 is 0. The summed E-state index contributed by atoms with van der Waals surface area (Å²) in [6, 6.07) is 0. The van der Waals surface area contributed by atoms with Gasteiger partial charge in [-0.3, -0.25) is 4.79 Å². The number of rotatable bonds is 4. The molecule has 102 valence electrons. The highest BCUT2D eigenvalue weighted by Gasteiger charge is 2.43. The van der Waals surface area contributed by atoms with Crippen molar-refractivity contribution >= 4 is 11.7 Å². The lowest BCUT2D eigenvalue weighted by Crippen LogP contribution is -2.44. The van der Waals surface area contributed by atoms with Crippen LogP contribution in [0, 0.1) is 23.2 Å². The summed E-state index contributed by atoms with van der Waals surface area (Å²) in [4.78, 5) is 12.1. The topological polar surface area (TPSA) is 87.7 Å². The fourth-order valence-electron chi connectivity index (χ4n) is 3.23. The molecule has 0 saturated heterocycles. The molecular formula is C13H23N3O2. The highest BCUT2D eigenvalue weighted by molar-refractivity contribution is 5.86. The predicted octanol–water partition coefficient (Wildman–Crippen LogP) is 1.31. The van der Waals surface area contributed by atoms with Crippen molar-refractivity contribution in [3.8, 4) is 0 Å². The van der Waals surface area contributed by atoms with Crippen LogP contribution in [0.5, 0.6) is 0 Å². The van der Waals surface area contributed by atoms with Crippen LogP contribution in [0.4, 0.5) is 0 Å². The van der Waals surface area contributed by atoms with E-state index in [1.165, 1.54) is 19.3 Å². The summed E-state index contributed by atoms with van der Waals surface area (Å²) in [5.41, 5.74) is 5.09. The Kier molecular flexibility index (Phi) is 3.50. The zero-order chi connectivity index (χ0) is 13.3. The van der Waals surface area contributed by atoms with Gasteiger partial charge in [0.05, 0.1) is 0 Å². The summed E-state index contributed by atoms with van der Waals surface area (Å²) in [5, 5.41) is 14.7. The van der Waals surface area contributed by atoms with Gasteiger partial charge < -0.3 is 16.3 Å². The monoisotopic (exact) mass is 253 g/mol. The molecule has 2 rings (SSSR count). The number of nitrogens with one attached hydrogen (secondary N) is 1. The van der Waals surface area contributed by atoms with Gasteiger partial charge >= 0.3 is 0 Å². The van der Waals surface area contributed by atoms with E-state index >= 15 is 0 Å². The van der Waals surface area contributed by atoms with Crippen molar-refractivity contribution in [3.63, 3.8) is 0 Å². The minimum absolute atomic E-state index is 0.140. The third-order valence-electron chi connectivity index (χ3n) is 4.58. The zero-order valence-electron chi connectivity index (χ0n) is 11.1. The van der Waals surface area contributed by atoms with Gasteiger partial charge in [0.25, 0.3) is 0 Å². The molecule has 4 N–H and O–H groups in total. The molecule has 2 aliphatic carbocycles. The van der Waals surface area contributed by atoms with Crippen LogP contribution in [0.3, 0.4) is 0 Å². The number of amides is 1. The molecule has 1 amide bonds. The summed E-state index contributed by atoms with van der Waals surface area (Å²) in [6.07, 6.45) is 4.76. The molecule has 5 heteroatoms. The molecule has 2 bridgehead atoms. The minimum Gasteiger partial charge on any atom is -0.409 e. The van der Waals surface area contributed by atoms with Crippen molar-refractivity contribution < 1.29 is 10.0 Å². The number of nitrogens with zero attached hydrogens (tertiary/aromatic N) is 1. The summed E-state index contributed by atoms with van der Waals surface area (Å²) in [5.74, 6) is 1.83. The van der Waals surface area contributed by atoms with Crippen LogP contribution in [0.25, 0.3) is 0 Å². The molecule has 3 unspecified atom stereocenters. The normalized spacial score (nSPS) is 31.7. The van der Waals surface area contributed by atoms with E-state index in [2.05, 4.69) is 10.5 Å². The second kappa shape index (κ2) is 4.78. The molecular weight excluding hydrogens is 230 g/mol. The van der Waals surface area contributed by atoms with E-state index in [4.69, 9.17) is 10.9 Å². The molecule has 18 heavy (non-hydrogen) atoms. The Morgan fingerprint density at radius 1 is 1.44 bits per heavy atom. The largest absolute Gasteiger partial charge is 0.409 e. The van der Waals surface area contributed by atoms with E-state index in [9.17, 15) is 4.79 Å². The molecule has 2 saturated carbocycles. The molecule has 0 aliphatic heterocycles. The first-order valence-electron chi connectivity index (χ1n) is 6.70. The van der Waals surface area contributed by atoms with E-state index < -0.39 is 5.41 Å². The Morgan fingerprint density at radius 2 is 2.17 bits per heavy atom. The van der Waals surface area contributed by atoms with Gasteiger partial charge in [-0.1, -0.05) is 25.4 Å². The van der Waals surface area contributed by atoms with Crippen molar-refractivity contribution in [1.82, 2.24) is 5.32 Å². The Balaban J connectivity index is 1.85. The standard InChI is InChI=1S/C13H23N3O2/c1-13(2,12(14)16-18)7-15-11(17)10-6-8-3-4-9(10)5-8/h8-10,18H,3-7H2,1-2H3,(H2,14,16)(H,15,17). The van der Waals surface area contributed by atoms with Gasteiger partial charge in [0, 0.05) is 17.9 Å². The zero-order valence-corrected chi connectivity index (χ0v) is 11.1. The summed E-state index contributed by atoms with van der Waals surface area (Å²) in [6.45, 7) is 4.11. The SMILES string of the molecule is CC(C)(CNC(=O)C1CC2CCC1C2)C(N)=NO. The van der Waals surface area contributed by atoms with Crippen molar-refractivity contribution in [2.45, 2.75) is 39.5 Å². The van der Waals surface area contributed by atoms with Gasteiger partial charge in [0.2, 0.25) is 5.91 Å². The highest BCUT2D eigenvalue weighted by atomic mass is 16.4. The smallest absolute Gasteiger partial charge is 0.223 e. The number of carbonyl (C=O) groups is 1. The van der Waals surface area contributed by atoms with Crippen LogP contribution in [-0.4, -0.2) is 23.5 Å². The molecule has 0 radical (unpaired) electrons. The van der Waals surface area contributed by atoms with Crippen LogP contribution >= 0.6 is 0 Å². The van der Waals surface area contributed by atoms with Crippen LogP contribution in [0.2, 0.25) is 0 Å². The third-order valence-corrected chi connectivity index (χ3v) is 4.58. The lowest BCUT2D eigenvalue weighted by Gasteiger charge is -2.26. The van der Waals surface area contributed by atoms with Crippen LogP contribution in [0.15, 0.2) is 5.16 Å². The summed E-state index contributed by atoms with van der Waals surface area (Å²) in [7, 11) is 0. The first kappa shape index (κ1) is 13.2. The van der Waals surface area contributed by atoms with E-state index in [0.29, 0.717) is 12.5 Å². The first-order valence-corrected chi connectivity index (χ1v) is 6.70. The maximum absolute atomic E-state index is 12.1. The molecule has 0 heterocycles. The predicted molar refractivity (Wildman–Crippen MR) is 69.1 cm³/mol. The highest BCUT2D eigenvalue weighted by Crippen LogP contribution is 2.48. The number of carbonyl (C=O) groups excluding carboxylic acids is 1. The van der Waals surface area contributed by atoms with E-state index in [1.54, 1.807) is 0 Å². The Morgan fingerprint density at radius 3 is 2.67 bits per heavy atom. The van der Waals surface area contributed by atoms with Gasteiger partial charge in [-0.25, -0.2) is 0 Å². The van der Waals surface area contributed by atoms with E-state index in [0.717, 1.165) is 12.3 Å². The summed E-state index contributed by atoms with van der Waals surface area (Å²) < 4.78 is 0. The second-order valence-corrected chi connectivity index (χ2v) is 6.37. The number of nitrogens with two attached hydrogens (primary N) is 1. The average Bonchev–Trinajstić information content (AvgIpc) is 2.97. The Bertz CT molecular complexity index is 365. The van der Waals surface area contributed by atoms with Gasteiger partial charge in [-0.2, -0.15) is 0 Å². The van der Waals surface area contributed by atoms with E-state index in [-0.39, 0.29) is 17.7 Å². The number of hydrogen-bond donors (Lipinski definition) is 3. The van der Waals surface area contributed by atoms with Crippen molar-refractivity contribution in [1.29, 1.82) is 0 Å². The molecule has 0 spiro atoms. The van der Waals surface area contributed by atoms with Gasteiger partial charge in [0.15, 0.2) is 0 Å². The van der Waals surface area contributed by atoms with Crippen molar-refractivity contribution in [2.75, 3.05) is 6.54 Å². The molecule has 3 atom stereocenters. The lowest BCUT2D eigenvalue weighted by molar-refractivity contribution is -0.126. The number of hydrogen-bond acceptors (Lipinski definition) is 3. The van der Waals surface area contributed by atoms with Gasteiger partial charge in [0.1, 0.15) is 5.84 Å². The van der Waals surface area contributed by atoms with E-state index in [1.807, 2.05) is 13.8 Å². The molecule has 0 aromatic rings. The first-order chi connectivity index (χ1) is 8.44. The molecule has 2 fully saturated rings.